The largest absolute Gasteiger partial charge is 0.396 e. The van der Waals surface area contributed by atoms with E-state index in [-0.39, 0.29) is 54.3 Å². The molecule has 0 aromatic heterocycles. The number of likely N-dealkylation sites (N-methyl/N-ethyl adjacent to an activating group) is 1. The SMILES string of the molecule is CC(=C[C@H](C(C)C)N(C)C(=O)[C@@H](NC(=O)C1CCCCN1C(C)C)C(C)(C)C)C(=O)N1CCC[C@H]1C(=O)NCCCCCCO. The van der Waals surface area contributed by atoms with Crippen molar-refractivity contribution in [2.24, 2.45) is 11.3 Å². The predicted molar refractivity (Wildman–Crippen MR) is 179 cm³/mol. The number of piperidine rings is 1. The first kappa shape index (κ1) is 38.7. The third-order valence-electron chi connectivity index (χ3n) is 9.35. The molecule has 2 fully saturated rings. The number of carbonyl (C=O) groups is 4. The summed E-state index contributed by atoms with van der Waals surface area (Å²) in [5.74, 6) is -0.585. The van der Waals surface area contributed by atoms with Crippen LogP contribution in [0.3, 0.4) is 0 Å². The topological polar surface area (TPSA) is 122 Å². The molecule has 3 N–H and O–H groups in total. The number of hydrogen-bond acceptors (Lipinski definition) is 6. The lowest BCUT2D eigenvalue weighted by Gasteiger charge is -2.41. The molecule has 1 unspecified atom stereocenters. The molecular weight excluding hydrogens is 570 g/mol. The molecular formula is C35H63N5O5. The summed E-state index contributed by atoms with van der Waals surface area (Å²) in [6.45, 7) is 18.0. The van der Waals surface area contributed by atoms with Crippen LogP contribution in [0.5, 0.6) is 0 Å². The molecule has 10 nitrogen and oxygen atoms in total. The highest BCUT2D eigenvalue weighted by molar-refractivity contribution is 5.97. The zero-order valence-electron chi connectivity index (χ0n) is 29.7. The van der Waals surface area contributed by atoms with Crippen LogP contribution in [-0.4, -0.2) is 107 Å². The van der Waals surface area contributed by atoms with Crippen LogP contribution in [0, 0.1) is 11.3 Å². The average Bonchev–Trinajstić information content (AvgIpc) is 3.48. The molecule has 4 amide bonds. The second kappa shape index (κ2) is 18.0. The van der Waals surface area contributed by atoms with Gasteiger partial charge in [-0.05, 0) is 77.2 Å². The van der Waals surface area contributed by atoms with Crippen molar-refractivity contribution in [2.75, 3.05) is 33.3 Å². The number of hydrogen-bond donors (Lipinski definition) is 3. The Labute approximate surface area is 272 Å². The molecule has 2 aliphatic heterocycles. The minimum Gasteiger partial charge on any atom is -0.396 e. The quantitative estimate of drug-likeness (QED) is 0.186. The number of unbranched alkanes of at least 4 members (excludes halogenated alkanes) is 3. The van der Waals surface area contributed by atoms with Crippen LogP contribution in [0.15, 0.2) is 11.6 Å². The third-order valence-corrected chi connectivity index (χ3v) is 9.35. The lowest BCUT2D eigenvalue weighted by Crippen LogP contribution is -2.60. The number of rotatable bonds is 15. The van der Waals surface area contributed by atoms with Gasteiger partial charge in [-0.2, -0.15) is 0 Å². The molecule has 0 aromatic rings. The Morgan fingerprint density at radius 2 is 1.56 bits per heavy atom. The van der Waals surface area contributed by atoms with Gasteiger partial charge in [0.05, 0.1) is 12.1 Å². The van der Waals surface area contributed by atoms with Crippen LogP contribution in [0.25, 0.3) is 0 Å². The molecule has 258 valence electrons. The van der Waals surface area contributed by atoms with Crippen LogP contribution in [0.1, 0.15) is 113 Å². The van der Waals surface area contributed by atoms with Gasteiger partial charge in [0.2, 0.25) is 23.6 Å². The molecule has 0 aromatic carbocycles. The van der Waals surface area contributed by atoms with Gasteiger partial charge in [0.1, 0.15) is 12.1 Å². The lowest BCUT2D eigenvalue weighted by molar-refractivity contribution is -0.142. The van der Waals surface area contributed by atoms with Crippen molar-refractivity contribution >= 4 is 23.6 Å². The van der Waals surface area contributed by atoms with Gasteiger partial charge in [-0.25, -0.2) is 0 Å². The third kappa shape index (κ3) is 11.1. The van der Waals surface area contributed by atoms with Gasteiger partial charge < -0.3 is 25.5 Å². The van der Waals surface area contributed by atoms with Gasteiger partial charge in [-0.1, -0.05) is 60.0 Å². The van der Waals surface area contributed by atoms with Crippen molar-refractivity contribution in [3.8, 4) is 0 Å². The predicted octanol–water partition coefficient (Wildman–Crippen LogP) is 3.87. The smallest absolute Gasteiger partial charge is 0.249 e. The molecule has 2 aliphatic rings. The summed E-state index contributed by atoms with van der Waals surface area (Å²) in [4.78, 5) is 59.9. The van der Waals surface area contributed by atoms with E-state index in [2.05, 4.69) is 29.4 Å². The lowest BCUT2D eigenvalue weighted by atomic mass is 9.84. The van der Waals surface area contributed by atoms with Crippen LogP contribution in [0.2, 0.25) is 0 Å². The molecule has 0 saturated carbocycles. The average molecular weight is 634 g/mol. The Kier molecular flexibility index (Phi) is 15.5. The number of likely N-dealkylation sites (tertiary alicyclic amines) is 2. The summed E-state index contributed by atoms with van der Waals surface area (Å²) >= 11 is 0. The van der Waals surface area contributed by atoms with Crippen molar-refractivity contribution in [3.63, 3.8) is 0 Å². The van der Waals surface area contributed by atoms with Crippen LogP contribution >= 0.6 is 0 Å². The summed E-state index contributed by atoms with van der Waals surface area (Å²) in [6.07, 6.45) is 9.57. The summed E-state index contributed by atoms with van der Waals surface area (Å²) in [5, 5.41) is 15.1. The normalized spacial score (nSPS) is 21.2. The number of carbonyl (C=O) groups excluding carboxylic acids is 4. The monoisotopic (exact) mass is 633 g/mol. The molecule has 0 aliphatic carbocycles. The van der Waals surface area contributed by atoms with E-state index in [0.717, 1.165) is 57.9 Å². The summed E-state index contributed by atoms with van der Waals surface area (Å²) < 4.78 is 0. The summed E-state index contributed by atoms with van der Waals surface area (Å²) in [5.41, 5.74) is -0.0215. The van der Waals surface area contributed by atoms with E-state index in [1.807, 2.05) is 40.7 Å². The Bertz CT molecular complexity index is 1020. The summed E-state index contributed by atoms with van der Waals surface area (Å²) in [6, 6.07) is -1.61. The Morgan fingerprint density at radius 1 is 0.911 bits per heavy atom. The van der Waals surface area contributed by atoms with Crippen LogP contribution in [0.4, 0.5) is 0 Å². The van der Waals surface area contributed by atoms with E-state index < -0.39 is 17.5 Å². The fourth-order valence-corrected chi connectivity index (χ4v) is 6.60. The number of nitrogens with one attached hydrogen (secondary N) is 2. The number of aliphatic hydroxyl groups excluding tert-OH is 1. The fourth-order valence-electron chi connectivity index (χ4n) is 6.60. The minimum absolute atomic E-state index is 0.0105. The Hall–Kier alpha value is -2.46. The number of amides is 4. The maximum absolute atomic E-state index is 14.1. The maximum Gasteiger partial charge on any atom is 0.249 e. The maximum atomic E-state index is 14.1. The molecule has 2 heterocycles. The zero-order chi connectivity index (χ0) is 33.9. The first-order chi connectivity index (χ1) is 21.1. The molecule has 0 spiro atoms. The van der Waals surface area contributed by atoms with Gasteiger partial charge in [0, 0.05) is 38.4 Å². The molecule has 2 saturated heterocycles. The first-order valence-corrected chi connectivity index (χ1v) is 17.3. The van der Waals surface area contributed by atoms with E-state index >= 15 is 0 Å². The van der Waals surface area contributed by atoms with E-state index in [1.54, 1.807) is 23.8 Å². The first-order valence-electron chi connectivity index (χ1n) is 17.3. The molecule has 10 heteroatoms. The van der Waals surface area contributed by atoms with Crippen molar-refractivity contribution in [2.45, 2.75) is 143 Å². The van der Waals surface area contributed by atoms with Gasteiger partial charge in [-0.15, -0.1) is 0 Å². The van der Waals surface area contributed by atoms with Crippen LogP contribution in [-0.2, 0) is 19.2 Å². The van der Waals surface area contributed by atoms with Gasteiger partial charge >= 0.3 is 0 Å². The fraction of sp³-hybridized carbons (Fsp3) is 0.829. The van der Waals surface area contributed by atoms with Crippen molar-refractivity contribution in [1.29, 1.82) is 0 Å². The Balaban J connectivity index is 2.16. The van der Waals surface area contributed by atoms with Crippen molar-refractivity contribution in [1.82, 2.24) is 25.3 Å². The molecule has 45 heavy (non-hydrogen) atoms. The highest BCUT2D eigenvalue weighted by atomic mass is 16.3. The van der Waals surface area contributed by atoms with Crippen molar-refractivity contribution < 1.29 is 24.3 Å². The highest BCUT2D eigenvalue weighted by Gasteiger charge is 2.40. The van der Waals surface area contributed by atoms with Gasteiger partial charge in [0.15, 0.2) is 0 Å². The highest BCUT2D eigenvalue weighted by Crippen LogP contribution is 2.27. The van der Waals surface area contributed by atoms with E-state index in [9.17, 15) is 19.2 Å². The van der Waals surface area contributed by atoms with Crippen LogP contribution < -0.4 is 10.6 Å². The molecule has 0 radical (unpaired) electrons. The van der Waals surface area contributed by atoms with E-state index in [4.69, 9.17) is 5.11 Å². The second-order valence-electron chi connectivity index (χ2n) is 14.8. The van der Waals surface area contributed by atoms with Gasteiger partial charge in [0.25, 0.3) is 0 Å². The minimum atomic E-state index is -0.730. The second-order valence-corrected chi connectivity index (χ2v) is 14.8. The van der Waals surface area contributed by atoms with E-state index in [1.165, 1.54) is 0 Å². The molecule has 4 atom stereocenters. The Morgan fingerprint density at radius 3 is 2.16 bits per heavy atom. The number of aliphatic hydroxyl groups is 1. The molecule has 0 bridgehead atoms. The van der Waals surface area contributed by atoms with E-state index in [0.29, 0.717) is 25.1 Å². The number of nitrogens with zero attached hydrogens (tertiary/aromatic N) is 3. The molecule has 2 rings (SSSR count). The van der Waals surface area contributed by atoms with Crippen molar-refractivity contribution in [3.05, 3.63) is 11.6 Å². The zero-order valence-corrected chi connectivity index (χ0v) is 29.7. The standard InChI is InChI=1S/C35H63N5O5/c1-24(2)29(23-26(5)33(44)40-21-16-18-27(40)31(42)36-19-13-10-11-15-22-41)38(9)34(45)30(35(6,7)8)37-32(43)28-17-12-14-20-39(28)25(3)4/h23-25,27-30,41H,10-22H2,1-9H3,(H,36,42)(H,37,43)/t27-,28?,29+,30+/m0/s1. The van der Waals surface area contributed by atoms with Gasteiger partial charge in [-0.3, -0.25) is 24.1 Å². The summed E-state index contributed by atoms with van der Waals surface area (Å²) in [7, 11) is 1.75.